The van der Waals surface area contributed by atoms with E-state index in [1.807, 2.05) is 13.8 Å². The summed E-state index contributed by atoms with van der Waals surface area (Å²) in [5.41, 5.74) is -0.324. The summed E-state index contributed by atoms with van der Waals surface area (Å²) in [6.45, 7) is 4.97. The molecule has 0 unspecified atom stereocenters. The van der Waals surface area contributed by atoms with Crippen LogP contribution < -0.4 is 10.4 Å². The van der Waals surface area contributed by atoms with Gasteiger partial charge in [-0.3, -0.25) is 9.55 Å². The number of hydrogen-bond donors (Lipinski definition) is 2. The van der Waals surface area contributed by atoms with Crippen LogP contribution >= 0.6 is 0 Å². The van der Waals surface area contributed by atoms with Crippen LogP contribution in [0.25, 0.3) is 0 Å². The van der Waals surface area contributed by atoms with E-state index in [1.165, 1.54) is 4.57 Å². The van der Waals surface area contributed by atoms with Crippen molar-refractivity contribution < 1.29 is 9.84 Å². The van der Waals surface area contributed by atoms with Crippen molar-refractivity contribution in [1.82, 2.24) is 9.55 Å². The molecule has 0 aliphatic rings. The standard InChI is InChI=1S/C9H16N2O3/c1-3-5-11-8(14-6-4-2)7(12)10-9(11)13/h12H,3-6H2,1-2H3,(H,10,13). The first-order chi connectivity index (χ1) is 6.70. The van der Waals surface area contributed by atoms with E-state index in [1.54, 1.807) is 0 Å². The minimum atomic E-state index is -0.324. The third-order valence-corrected chi connectivity index (χ3v) is 1.81. The highest BCUT2D eigenvalue weighted by Crippen LogP contribution is 2.21. The summed E-state index contributed by atoms with van der Waals surface area (Å²) in [7, 11) is 0. The van der Waals surface area contributed by atoms with Crippen LogP contribution in [0.2, 0.25) is 0 Å². The van der Waals surface area contributed by atoms with Crippen molar-refractivity contribution in [3.05, 3.63) is 10.5 Å². The summed E-state index contributed by atoms with van der Waals surface area (Å²) in [5.74, 6) is 0.0654. The van der Waals surface area contributed by atoms with E-state index < -0.39 is 0 Å². The lowest BCUT2D eigenvalue weighted by Crippen LogP contribution is -2.17. The van der Waals surface area contributed by atoms with Crippen molar-refractivity contribution >= 4 is 0 Å². The summed E-state index contributed by atoms with van der Waals surface area (Å²) in [6.07, 6.45) is 1.66. The second-order valence-electron chi connectivity index (χ2n) is 3.08. The Morgan fingerprint density at radius 1 is 1.43 bits per heavy atom. The van der Waals surface area contributed by atoms with Gasteiger partial charge in [-0.15, -0.1) is 0 Å². The minimum absolute atomic E-state index is 0.183. The molecule has 14 heavy (non-hydrogen) atoms. The molecule has 1 rings (SSSR count). The fraction of sp³-hybridized carbons (Fsp3) is 0.667. The number of aromatic amines is 1. The fourth-order valence-electron chi connectivity index (χ4n) is 1.21. The number of aromatic nitrogens is 2. The summed E-state index contributed by atoms with van der Waals surface area (Å²) in [4.78, 5) is 13.6. The molecule has 0 aliphatic carbocycles. The van der Waals surface area contributed by atoms with Crippen LogP contribution in [0.15, 0.2) is 4.79 Å². The Labute approximate surface area is 82.3 Å². The van der Waals surface area contributed by atoms with Crippen LogP contribution in [0, 0.1) is 0 Å². The van der Waals surface area contributed by atoms with Crippen molar-refractivity contribution in [2.24, 2.45) is 0 Å². The Bertz CT molecular complexity index is 340. The van der Waals surface area contributed by atoms with Crippen LogP contribution in [0.5, 0.6) is 11.8 Å². The number of imidazole rings is 1. The molecule has 0 fully saturated rings. The van der Waals surface area contributed by atoms with Crippen molar-refractivity contribution in [2.45, 2.75) is 33.2 Å². The highest BCUT2D eigenvalue weighted by Gasteiger charge is 2.13. The maximum Gasteiger partial charge on any atom is 0.331 e. The van der Waals surface area contributed by atoms with E-state index >= 15 is 0 Å². The highest BCUT2D eigenvalue weighted by molar-refractivity contribution is 5.25. The van der Waals surface area contributed by atoms with Gasteiger partial charge in [0.05, 0.1) is 6.61 Å². The van der Waals surface area contributed by atoms with E-state index in [2.05, 4.69) is 4.98 Å². The molecule has 5 nitrogen and oxygen atoms in total. The molecular formula is C9H16N2O3. The van der Waals surface area contributed by atoms with Gasteiger partial charge >= 0.3 is 5.69 Å². The maximum absolute atomic E-state index is 11.3. The van der Waals surface area contributed by atoms with Crippen LogP contribution in [-0.4, -0.2) is 21.3 Å². The third-order valence-electron chi connectivity index (χ3n) is 1.81. The van der Waals surface area contributed by atoms with Crippen molar-refractivity contribution in [3.63, 3.8) is 0 Å². The molecule has 0 atom stereocenters. The molecule has 0 aliphatic heterocycles. The molecule has 0 radical (unpaired) electrons. The molecule has 0 saturated heterocycles. The summed E-state index contributed by atoms with van der Waals surface area (Å²) >= 11 is 0. The van der Waals surface area contributed by atoms with Gasteiger partial charge in [-0.1, -0.05) is 13.8 Å². The molecule has 2 N–H and O–H groups in total. The summed E-state index contributed by atoms with van der Waals surface area (Å²) in [5, 5.41) is 9.36. The monoisotopic (exact) mass is 200 g/mol. The Hall–Kier alpha value is -1.39. The SMILES string of the molecule is CCCOc1c(O)[nH]c(=O)n1CCC. The first kappa shape index (κ1) is 10.7. The molecule has 1 aromatic heterocycles. The second-order valence-corrected chi connectivity index (χ2v) is 3.08. The van der Waals surface area contributed by atoms with Crippen LogP contribution in [0.1, 0.15) is 26.7 Å². The number of nitrogens with zero attached hydrogens (tertiary/aromatic N) is 1. The molecule has 80 valence electrons. The highest BCUT2D eigenvalue weighted by atomic mass is 16.5. The molecule has 0 bridgehead atoms. The van der Waals surface area contributed by atoms with Crippen molar-refractivity contribution in [2.75, 3.05) is 6.61 Å². The zero-order valence-electron chi connectivity index (χ0n) is 8.54. The Kier molecular flexibility index (Phi) is 3.62. The molecule has 0 spiro atoms. The number of hydrogen-bond acceptors (Lipinski definition) is 3. The quantitative estimate of drug-likeness (QED) is 0.747. The third kappa shape index (κ3) is 2.10. The molecule has 1 heterocycles. The van der Waals surface area contributed by atoms with E-state index in [0.717, 1.165) is 12.8 Å². The predicted octanol–water partition coefficient (Wildman–Crippen LogP) is 1.08. The van der Waals surface area contributed by atoms with Crippen LogP contribution in [0.3, 0.4) is 0 Å². The molecule has 0 amide bonds. The zero-order chi connectivity index (χ0) is 10.6. The largest absolute Gasteiger partial charge is 0.491 e. The zero-order valence-corrected chi connectivity index (χ0v) is 8.54. The average molecular weight is 200 g/mol. The van der Waals surface area contributed by atoms with E-state index in [-0.39, 0.29) is 17.4 Å². The smallest absolute Gasteiger partial charge is 0.331 e. The predicted molar refractivity (Wildman–Crippen MR) is 52.8 cm³/mol. The molecular weight excluding hydrogens is 184 g/mol. The fourth-order valence-corrected chi connectivity index (χ4v) is 1.21. The van der Waals surface area contributed by atoms with Gasteiger partial charge in [0, 0.05) is 6.54 Å². The Balaban J connectivity index is 2.92. The van der Waals surface area contributed by atoms with Gasteiger partial charge in [-0.05, 0) is 12.8 Å². The second kappa shape index (κ2) is 4.74. The molecule has 0 aromatic carbocycles. The lowest BCUT2D eigenvalue weighted by Gasteiger charge is -2.06. The molecule has 5 heteroatoms. The van der Waals surface area contributed by atoms with E-state index in [9.17, 15) is 9.90 Å². The number of aromatic hydroxyl groups is 1. The number of nitrogens with one attached hydrogen (secondary N) is 1. The Morgan fingerprint density at radius 2 is 2.14 bits per heavy atom. The van der Waals surface area contributed by atoms with Gasteiger partial charge in [-0.25, -0.2) is 4.79 Å². The lowest BCUT2D eigenvalue weighted by molar-refractivity contribution is 0.272. The molecule has 1 aromatic rings. The average Bonchev–Trinajstić information content (AvgIpc) is 2.40. The number of H-pyrrole nitrogens is 1. The number of ether oxygens (including phenoxy) is 1. The van der Waals surface area contributed by atoms with Gasteiger partial charge in [0.25, 0.3) is 11.8 Å². The Morgan fingerprint density at radius 3 is 2.71 bits per heavy atom. The van der Waals surface area contributed by atoms with Crippen LogP contribution in [-0.2, 0) is 6.54 Å². The van der Waals surface area contributed by atoms with E-state index in [0.29, 0.717) is 13.2 Å². The summed E-state index contributed by atoms with van der Waals surface area (Å²) in [6, 6.07) is 0. The first-order valence-electron chi connectivity index (χ1n) is 4.85. The van der Waals surface area contributed by atoms with Gasteiger partial charge in [0.15, 0.2) is 0 Å². The van der Waals surface area contributed by atoms with Gasteiger partial charge < -0.3 is 9.84 Å². The van der Waals surface area contributed by atoms with Crippen molar-refractivity contribution in [3.8, 4) is 11.8 Å². The van der Waals surface area contributed by atoms with Gasteiger partial charge in [0.2, 0.25) is 0 Å². The molecule has 0 saturated carbocycles. The normalized spacial score (nSPS) is 10.4. The van der Waals surface area contributed by atoms with E-state index in [4.69, 9.17) is 4.74 Å². The van der Waals surface area contributed by atoms with Crippen LogP contribution in [0.4, 0.5) is 0 Å². The van der Waals surface area contributed by atoms with Gasteiger partial charge in [-0.2, -0.15) is 0 Å². The van der Waals surface area contributed by atoms with Crippen molar-refractivity contribution in [1.29, 1.82) is 0 Å². The van der Waals surface area contributed by atoms with Gasteiger partial charge in [0.1, 0.15) is 0 Å². The first-order valence-corrected chi connectivity index (χ1v) is 4.85. The maximum atomic E-state index is 11.3. The topological polar surface area (TPSA) is 67.2 Å². The number of rotatable bonds is 5. The lowest BCUT2D eigenvalue weighted by atomic mass is 10.5. The minimum Gasteiger partial charge on any atom is -0.491 e. The summed E-state index contributed by atoms with van der Waals surface area (Å²) < 4.78 is 6.68.